The van der Waals surface area contributed by atoms with Gasteiger partial charge < -0.3 is 15.2 Å². The van der Waals surface area contributed by atoms with E-state index >= 15 is 0 Å². The fraction of sp³-hybridized carbons (Fsp3) is 0.462. The quantitative estimate of drug-likeness (QED) is 0.823. The fourth-order valence-corrected chi connectivity index (χ4v) is 2.19. The molecule has 0 aliphatic carbocycles. The highest BCUT2D eigenvalue weighted by molar-refractivity contribution is 5.67. The van der Waals surface area contributed by atoms with Gasteiger partial charge in [-0.05, 0) is 37.1 Å². The third-order valence-corrected chi connectivity index (χ3v) is 3.02. The minimum atomic E-state index is -0.737. The van der Waals surface area contributed by atoms with Gasteiger partial charge in [-0.3, -0.25) is 4.79 Å². The third kappa shape index (κ3) is 2.70. The number of hydrogen-bond donors (Lipinski definition) is 2. The summed E-state index contributed by atoms with van der Waals surface area (Å²) in [5.74, 6) is 0.399. The van der Waals surface area contributed by atoms with Crippen LogP contribution in [0.3, 0.4) is 0 Å². The summed E-state index contributed by atoms with van der Waals surface area (Å²) >= 11 is 0. The second-order valence-electron chi connectivity index (χ2n) is 4.19. The van der Waals surface area contributed by atoms with Crippen LogP contribution in [0.2, 0.25) is 0 Å². The molecule has 1 heterocycles. The molecule has 1 aromatic carbocycles. The van der Waals surface area contributed by atoms with Gasteiger partial charge in [0.2, 0.25) is 0 Å². The zero-order valence-corrected chi connectivity index (χ0v) is 9.90. The van der Waals surface area contributed by atoms with Gasteiger partial charge in [0.05, 0.1) is 6.61 Å². The van der Waals surface area contributed by atoms with Crippen LogP contribution in [-0.2, 0) is 4.79 Å². The minimum absolute atomic E-state index is 0.213. The topological polar surface area (TPSA) is 58.6 Å². The van der Waals surface area contributed by atoms with E-state index in [-0.39, 0.29) is 12.3 Å². The van der Waals surface area contributed by atoms with Crippen LogP contribution >= 0.6 is 0 Å². The summed E-state index contributed by atoms with van der Waals surface area (Å²) in [5.41, 5.74) is 2.28. The Hall–Kier alpha value is -1.71. The van der Waals surface area contributed by atoms with Gasteiger partial charge in [-0.15, -0.1) is 0 Å². The summed E-state index contributed by atoms with van der Waals surface area (Å²) in [4.78, 5) is 10.6. The molecule has 0 fully saturated rings. The molecule has 0 radical (unpaired) electrons. The molecule has 0 spiro atoms. The normalized spacial score (nSPS) is 17.4. The first-order chi connectivity index (χ1) is 8.20. The van der Waals surface area contributed by atoms with Crippen molar-refractivity contribution in [2.45, 2.75) is 25.7 Å². The van der Waals surface area contributed by atoms with Crippen molar-refractivity contribution in [1.29, 1.82) is 0 Å². The lowest BCUT2D eigenvalue weighted by Gasteiger charge is -2.10. The molecule has 1 unspecified atom stereocenters. The van der Waals surface area contributed by atoms with Gasteiger partial charge in [0.1, 0.15) is 5.75 Å². The Bertz CT molecular complexity index is 417. The molecule has 4 heteroatoms. The van der Waals surface area contributed by atoms with E-state index in [4.69, 9.17) is 9.84 Å². The largest absolute Gasteiger partial charge is 0.494 e. The number of carboxylic acids is 1. The predicted molar refractivity (Wildman–Crippen MR) is 65.7 cm³/mol. The number of fused-ring (bicyclic) bond motifs is 1. The van der Waals surface area contributed by atoms with Crippen molar-refractivity contribution in [2.75, 3.05) is 18.5 Å². The maximum Gasteiger partial charge on any atom is 0.303 e. The number of carboxylic acid groups (broad SMARTS) is 1. The average Bonchev–Trinajstić information content (AvgIpc) is 2.69. The molecule has 0 bridgehead atoms. The first-order valence-electron chi connectivity index (χ1n) is 5.93. The number of ether oxygens (including phenoxy) is 1. The Morgan fingerprint density at radius 3 is 3.12 bits per heavy atom. The summed E-state index contributed by atoms with van der Waals surface area (Å²) in [6.45, 7) is 3.41. The van der Waals surface area contributed by atoms with Crippen molar-refractivity contribution >= 4 is 11.7 Å². The molecular formula is C13H17NO3. The molecule has 1 aliphatic heterocycles. The fourth-order valence-electron chi connectivity index (χ4n) is 2.19. The standard InChI is InChI=1S/C13H17NO3/c1-2-17-10-4-5-12-11(7-10)9(8-14-12)3-6-13(15)16/h4-5,7,9,14H,2-3,6,8H2,1H3,(H,15,16). The third-order valence-electron chi connectivity index (χ3n) is 3.02. The number of aliphatic carboxylic acids is 1. The molecule has 1 aliphatic rings. The van der Waals surface area contributed by atoms with Crippen molar-refractivity contribution < 1.29 is 14.6 Å². The second-order valence-corrected chi connectivity index (χ2v) is 4.19. The number of carbonyl (C=O) groups is 1. The first kappa shape index (κ1) is 11.8. The lowest BCUT2D eigenvalue weighted by molar-refractivity contribution is -0.137. The monoisotopic (exact) mass is 235 g/mol. The van der Waals surface area contributed by atoms with E-state index in [9.17, 15) is 4.79 Å². The highest BCUT2D eigenvalue weighted by Gasteiger charge is 2.23. The zero-order valence-electron chi connectivity index (χ0n) is 9.90. The highest BCUT2D eigenvalue weighted by atomic mass is 16.5. The van der Waals surface area contributed by atoms with Gasteiger partial charge in [0, 0.05) is 24.6 Å². The Balaban J connectivity index is 2.11. The van der Waals surface area contributed by atoms with Crippen molar-refractivity contribution in [3.63, 3.8) is 0 Å². The lowest BCUT2D eigenvalue weighted by Crippen LogP contribution is -2.05. The van der Waals surface area contributed by atoms with E-state index < -0.39 is 5.97 Å². The molecule has 2 N–H and O–H groups in total. The SMILES string of the molecule is CCOc1ccc2c(c1)C(CCC(=O)O)CN2. The molecule has 2 rings (SSSR count). The van der Waals surface area contributed by atoms with Crippen LogP contribution in [0, 0.1) is 0 Å². The highest BCUT2D eigenvalue weighted by Crippen LogP contribution is 2.36. The van der Waals surface area contributed by atoms with Gasteiger partial charge in [0.15, 0.2) is 0 Å². The van der Waals surface area contributed by atoms with Crippen molar-refractivity contribution in [3.05, 3.63) is 23.8 Å². The molecule has 0 aromatic heterocycles. The number of anilines is 1. The Kier molecular flexibility index (Phi) is 3.52. The van der Waals surface area contributed by atoms with Crippen LogP contribution in [0.4, 0.5) is 5.69 Å². The van der Waals surface area contributed by atoms with Gasteiger partial charge in [0.25, 0.3) is 0 Å². The molecule has 4 nitrogen and oxygen atoms in total. The molecule has 1 atom stereocenters. The van der Waals surface area contributed by atoms with Crippen molar-refractivity contribution in [2.24, 2.45) is 0 Å². The van der Waals surface area contributed by atoms with E-state index in [1.807, 2.05) is 25.1 Å². The molecule has 1 aromatic rings. The number of benzene rings is 1. The van der Waals surface area contributed by atoms with E-state index in [0.717, 1.165) is 18.0 Å². The van der Waals surface area contributed by atoms with Crippen LogP contribution in [0.25, 0.3) is 0 Å². The summed E-state index contributed by atoms with van der Waals surface area (Å²) in [6, 6.07) is 5.96. The van der Waals surface area contributed by atoms with Gasteiger partial charge in [-0.2, -0.15) is 0 Å². The summed E-state index contributed by atoms with van der Waals surface area (Å²) in [6.07, 6.45) is 0.884. The van der Waals surface area contributed by atoms with E-state index in [1.54, 1.807) is 0 Å². The van der Waals surface area contributed by atoms with Gasteiger partial charge >= 0.3 is 5.97 Å². The molecular weight excluding hydrogens is 218 g/mol. The summed E-state index contributed by atoms with van der Waals surface area (Å²) < 4.78 is 5.46. The summed E-state index contributed by atoms with van der Waals surface area (Å²) in [7, 11) is 0. The molecule has 0 saturated carbocycles. The lowest BCUT2D eigenvalue weighted by atomic mass is 9.96. The molecule has 17 heavy (non-hydrogen) atoms. The number of rotatable bonds is 5. The zero-order chi connectivity index (χ0) is 12.3. The van der Waals surface area contributed by atoms with Crippen molar-refractivity contribution in [1.82, 2.24) is 0 Å². The molecule has 0 amide bonds. The minimum Gasteiger partial charge on any atom is -0.494 e. The smallest absolute Gasteiger partial charge is 0.303 e. The number of hydrogen-bond acceptors (Lipinski definition) is 3. The average molecular weight is 235 g/mol. The van der Waals surface area contributed by atoms with Crippen LogP contribution in [0.5, 0.6) is 5.75 Å². The maximum absolute atomic E-state index is 10.6. The Labute approximate surface area is 101 Å². The Morgan fingerprint density at radius 1 is 1.59 bits per heavy atom. The van der Waals surface area contributed by atoms with E-state index in [2.05, 4.69) is 5.32 Å². The van der Waals surface area contributed by atoms with E-state index in [0.29, 0.717) is 13.0 Å². The second kappa shape index (κ2) is 5.08. The molecule has 0 saturated heterocycles. The van der Waals surface area contributed by atoms with Crippen LogP contribution in [-0.4, -0.2) is 24.2 Å². The predicted octanol–water partition coefficient (Wildman–Crippen LogP) is 2.46. The van der Waals surface area contributed by atoms with Gasteiger partial charge in [-0.1, -0.05) is 0 Å². The van der Waals surface area contributed by atoms with Crippen LogP contribution < -0.4 is 10.1 Å². The number of nitrogens with one attached hydrogen (secondary N) is 1. The maximum atomic E-state index is 10.6. The van der Waals surface area contributed by atoms with Crippen LogP contribution in [0.15, 0.2) is 18.2 Å². The van der Waals surface area contributed by atoms with Gasteiger partial charge in [-0.25, -0.2) is 0 Å². The van der Waals surface area contributed by atoms with E-state index in [1.165, 1.54) is 5.56 Å². The summed E-state index contributed by atoms with van der Waals surface area (Å²) in [5, 5.41) is 12.0. The Morgan fingerprint density at radius 2 is 2.41 bits per heavy atom. The van der Waals surface area contributed by atoms with Crippen LogP contribution in [0.1, 0.15) is 31.2 Å². The first-order valence-corrected chi connectivity index (χ1v) is 5.93. The van der Waals surface area contributed by atoms with Crippen molar-refractivity contribution in [3.8, 4) is 5.75 Å². The molecule has 92 valence electrons.